The van der Waals surface area contributed by atoms with Crippen LogP contribution in [0.25, 0.3) is 0 Å². The van der Waals surface area contributed by atoms with Crippen LogP contribution in [0.1, 0.15) is 5.69 Å². The Bertz CT molecular complexity index is 244. The zero-order chi connectivity index (χ0) is 8.27. The first-order valence-corrected chi connectivity index (χ1v) is 4.17. The van der Waals surface area contributed by atoms with Crippen LogP contribution in [0.3, 0.4) is 0 Å². The van der Waals surface area contributed by atoms with Gasteiger partial charge < -0.3 is 9.69 Å². The number of hydrogen-bond donors (Lipinski definition) is 0. The molecule has 1 aromatic rings. The van der Waals surface area contributed by atoms with E-state index in [1.165, 1.54) is 0 Å². The molecule has 1 rings (SSSR count). The standard InChI is InChI=1S/C7H10N2OS/c1-9(2)7-8-6(3-4-10)5-11-7/h4-5H,3H2,1-2H3. The first-order valence-electron chi connectivity index (χ1n) is 3.29. The fourth-order valence-corrected chi connectivity index (χ4v) is 1.45. The topological polar surface area (TPSA) is 33.2 Å². The monoisotopic (exact) mass is 170 g/mol. The first kappa shape index (κ1) is 8.20. The van der Waals surface area contributed by atoms with Gasteiger partial charge in [0.05, 0.1) is 5.69 Å². The Kier molecular flexibility index (Phi) is 2.59. The minimum Gasteiger partial charge on any atom is -0.354 e. The molecule has 0 saturated heterocycles. The van der Waals surface area contributed by atoms with E-state index in [-0.39, 0.29) is 0 Å². The van der Waals surface area contributed by atoms with Crippen LogP contribution in [0.15, 0.2) is 5.38 Å². The van der Waals surface area contributed by atoms with E-state index < -0.39 is 0 Å². The highest BCUT2D eigenvalue weighted by molar-refractivity contribution is 7.13. The molecule has 0 aromatic carbocycles. The quantitative estimate of drug-likeness (QED) is 0.633. The summed E-state index contributed by atoms with van der Waals surface area (Å²) < 4.78 is 0. The second-order valence-corrected chi connectivity index (χ2v) is 3.22. The third-order valence-electron chi connectivity index (χ3n) is 1.21. The summed E-state index contributed by atoms with van der Waals surface area (Å²) in [6.45, 7) is 0. The number of hydrogen-bond acceptors (Lipinski definition) is 4. The lowest BCUT2D eigenvalue weighted by Crippen LogP contribution is -2.08. The highest BCUT2D eigenvalue weighted by Crippen LogP contribution is 2.17. The Hall–Kier alpha value is -0.900. The molecule has 0 atom stereocenters. The fourth-order valence-electron chi connectivity index (χ4n) is 0.681. The zero-order valence-electron chi connectivity index (χ0n) is 6.57. The SMILES string of the molecule is CN(C)c1nc(CC=O)cs1. The second-order valence-electron chi connectivity index (χ2n) is 2.39. The lowest BCUT2D eigenvalue weighted by Gasteiger charge is -2.04. The molecule has 1 aromatic heterocycles. The Morgan fingerprint density at radius 3 is 2.91 bits per heavy atom. The molecule has 0 bridgehead atoms. The van der Waals surface area contributed by atoms with Crippen molar-refractivity contribution in [1.82, 2.24) is 4.98 Å². The average molecular weight is 170 g/mol. The van der Waals surface area contributed by atoms with Crippen LogP contribution in [-0.4, -0.2) is 25.4 Å². The van der Waals surface area contributed by atoms with E-state index in [0.717, 1.165) is 17.1 Å². The van der Waals surface area contributed by atoms with Gasteiger partial charge in [0.15, 0.2) is 5.13 Å². The summed E-state index contributed by atoms with van der Waals surface area (Å²) >= 11 is 1.55. The second kappa shape index (κ2) is 3.48. The fraction of sp³-hybridized carbons (Fsp3) is 0.429. The molecule has 0 N–H and O–H groups in total. The molecule has 0 spiro atoms. The molecule has 1 heterocycles. The molecule has 0 amide bonds. The van der Waals surface area contributed by atoms with Crippen molar-refractivity contribution < 1.29 is 4.79 Å². The maximum absolute atomic E-state index is 10.1. The van der Waals surface area contributed by atoms with Gasteiger partial charge in [-0.15, -0.1) is 11.3 Å². The van der Waals surface area contributed by atoms with E-state index in [4.69, 9.17) is 0 Å². The number of aldehydes is 1. The lowest BCUT2D eigenvalue weighted by molar-refractivity contribution is -0.107. The number of thiazole rings is 1. The molecule has 0 saturated carbocycles. The first-order chi connectivity index (χ1) is 5.24. The van der Waals surface area contributed by atoms with Crippen LogP contribution in [-0.2, 0) is 11.2 Å². The Morgan fingerprint density at radius 1 is 1.73 bits per heavy atom. The third kappa shape index (κ3) is 2.01. The molecule has 4 heteroatoms. The number of rotatable bonds is 3. The van der Waals surface area contributed by atoms with Crippen molar-refractivity contribution in [3.63, 3.8) is 0 Å². The third-order valence-corrected chi connectivity index (χ3v) is 2.27. The summed E-state index contributed by atoms with van der Waals surface area (Å²) in [7, 11) is 3.87. The van der Waals surface area contributed by atoms with Crippen molar-refractivity contribution in [2.75, 3.05) is 19.0 Å². The summed E-state index contributed by atoms with van der Waals surface area (Å²) in [5.74, 6) is 0. The summed E-state index contributed by atoms with van der Waals surface area (Å²) in [4.78, 5) is 16.2. The van der Waals surface area contributed by atoms with E-state index >= 15 is 0 Å². The molecule has 0 fully saturated rings. The van der Waals surface area contributed by atoms with Crippen molar-refractivity contribution >= 4 is 22.8 Å². The van der Waals surface area contributed by atoms with Crippen LogP contribution in [0, 0.1) is 0 Å². The minimum absolute atomic E-state index is 0.421. The molecule has 0 radical (unpaired) electrons. The minimum atomic E-state index is 0.421. The highest BCUT2D eigenvalue weighted by atomic mass is 32.1. The van der Waals surface area contributed by atoms with E-state index in [1.54, 1.807) is 11.3 Å². The summed E-state index contributed by atoms with van der Waals surface area (Å²) in [5.41, 5.74) is 0.855. The zero-order valence-corrected chi connectivity index (χ0v) is 7.39. The number of aromatic nitrogens is 1. The largest absolute Gasteiger partial charge is 0.354 e. The molecule has 3 nitrogen and oxygen atoms in total. The molecular weight excluding hydrogens is 160 g/mol. The summed E-state index contributed by atoms with van der Waals surface area (Å²) in [5, 5.41) is 2.85. The van der Waals surface area contributed by atoms with Crippen LogP contribution in [0.5, 0.6) is 0 Å². The van der Waals surface area contributed by atoms with E-state index in [1.807, 2.05) is 24.4 Å². The molecule has 0 aliphatic rings. The number of carbonyl (C=O) groups is 1. The van der Waals surface area contributed by atoms with E-state index in [9.17, 15) is 4.79 Å². The van der Waals surface area contributed by atoms with Crippen molar-refractivity contribution in [3.8, 4) is 0 Å². The van der Waals surface area contributed by atoms with Crippen LogP contribution < -0.4 is 4.90 Å². The van der Waals surface area contributed by atoms with Crippen LogP contribution in [0.4, 0.5) is 5.13 Å². The Morgan fingerprint density at radius 2 is 2.45 bits per heavy atom. The van der Waals surface area contributed by atoms with Gasteiger partial charge in [-0.2, -0.15) is 0 Å². The van der Waals surface area contributed by atoms with E-state index in [0.29, 0.717) is 6.42 Å². The number of anilines is 1. The maximum Gasteiger partial charge on any atom is 0.184 e. The smallest absolute Gasteiger partial charge is 0.184 e. The molecule has 11 heavy (non-hydrogen) atoms. The maximum atomic E-state index is 10.1. The van der Waals surface area contributed by atoms with Crippen molar-refractivity contribution in [3.05, 3.63) is 11.1 Å². The molecule has 0 aliphatic heterocycles. The van der Waals surface area contributed by atoms with E-state index in [2.05, 4.69) is 4.98 Å². The van der Waals surface area contributed by atoms with Gasteiger partial charge in [0.2, 0.25) is 0 Å². The molecular formula is C7H10N2OS. The number of nitrogens with zero attached hydrogens (tertiary/aromatic N) is 2. The van der Waals surface area contributed by atoms with Gasteiger partial charge in [-0.1, -0.05) is 0 Å². The van der Waals surface area contributed by atoms with Crippen molar-refractivity contribution in [2.45, 2.75) is 6.42 Å². The summed E-state index contributed by atoms with van der Waals surface area (Å²) in [6, 6.07) is 0. The van der Waals surface area contributed by atoms with Gasteiger partial charge in [-0.05, 0) is 0 Å². The Balaban J connectivity index is 2.73. The molecule has 60 valence electrons. The van der Waals surface area contributed by atoms with Gasteiger partial charge >= 0.3 is 0 Å². The van der Waals surface area contributed by atoms with Crippen LogP contribution >= 0.6 is 11.3 Å². The normalized spacial score (nSPS) is 9.64. The predicted molar refractivity (Wildman–Crippen MR) is 46.2 cm³/mol. The lowest BCUT2D eigenvalue weighted by atomic mass is 10.4. The average Bonchev–Trinajstić information content (AvgIpc) is 2.37. The van der Waals surface area contributed by atoms with Gasteiger partial charge in [0.1, 0.15) is 6.29 Å². The van der Waals surface area contributed by atoms with Crippen molar-refractivity contribution in [2.24, 2.45) is 0 Å². The predicted octanol–water partition coefficient (Wildman–Crippen LogP) is 0.950. The highest BCUT2D eigenvalue weighted by Gasteiger charge is 2.01. The van der Waals surface area contributed by atoms with Crippen molar-refractivity contribution in [1.29, 1.82) is 0 Å². The van der Waals surface area contributed by atoms with Gasteiger partial charge in [0.25, 0.3) is 0 Å². The molecule has 0 unspecified atom stereocenters. The number of carbonyl (C=O) groups excluding carboxylic acids is 1. The van der Waals surface area contributed by atoms with Gasteiger partial charge in [0, 0.05) is 25.9 Å². The molecule has 0 aliphatic carbocycles. The Labute approximate surface area is 69.7 Å². The van der Waals surface area contributed by atoms with Gasteiger partial charge in [-0.25, -0.2) is 4.98 Å². The summed E-state index contributed by atoms with van der Waals surface area (Å²) in [6.07, 6.45) is 1.29. The van der Waals surface area contributed by atoms with Crippen LogP contribution in [0.2, 0.25) is 0 Å². The van der Waals surface area contributed by atoms with Gasteiger partial charge in [-0.3, -0.25) is 0 Å².